The van der Waals surface area contributed by atoms with E-state index in [-0.39, 0.29) is 23.3 Å². The van der Waals surface area contributed by atoms with Gasteiger partial charge in [0, 0.05) is 11.5 Å². The van der Waals surface area contributed by atoms with E-state index in [9.17, 15) is 13.2 Å². The van der Waals surface area contributed by atoms with Gasteiger partial charge in [-0.05, 0) is 43.7 Å². The van der Waals surface area contributed by atoms with E-state index in [4.69, 9.17) is 4.74 Å². The third-order valence-corrected chi connectivity index (χ3v) is 7.46. The number of rotatable bonds is 6. The predicted molar refractivity (Wildman–Crippen MR) is 115 cm³/mol. The van der Waals surface area contributed by atoms with Gasteiger partial charge in [-0.25, -0.2) is 13.4 Å². The minimum Gasteiger partial charge on any atom is -0.471 e. The highest BCUT2D eigenvalue weighted by molar-refractivity contribution is 7.92. The van der Waals surface area contributed by atoms with Gasteiger partial charge in [0.15, 0.2) is 9.84 Å². The van der Waals surface area contributed by atoms with Crippen molar-refractivity contribution in [1.29, 1.82) is 0 Å². The van der Waals surface area contributed by atoms with Gasteiger partial charge < -0.3 is 9.64 Å². The van der Waals surface area contributed by atoms with Crippen LogP contribution in [0.5, 0.6) is 5.88 Å². The van der Waals surface area contributed by atoms with Crippen molar-refractivity contribution in [2.24, 2.45) is 0 Å². The van der Waals surface area contributed by atoms with Crippen LogP contribution in [0.4, 0.5) is 0 Å². The van der Waals surface area contributed by atoms with Gasteiger partial charge >= 0.3 is 0 Å². The minimum atomic E-state index is -3.30. The number of carbonyl (C=O) groups excluding carboxylic acids is 1. The van der Waals surface area contributed by atoms with Crippen molar-refractivity contribution in [2.75, 3.05) is 13.1 Å². The molecule has 0 unspecified atom stereocenters. The summed E-state index contributed by atoms with van der Waals surface area (Å²) < 4.78 is 30.3. The van der Waals surface area contributed by atoms with E-state index in [1.165, 1.54) is 0 Å². The Kier molecular flexibility index (Phi) is 5.47. The van der Waals surface area contributed by atoms with Gasteiger partial charge in [-0.2, -0.15) is 0 Å². The van der Waals surface area contributed by atoms with Gasteiger partial charge in [-0.15, -0.1) is 0 Å². The molecule has 156 valence electrons. The molecule has 0 N–H and O–H groups in total. The summed E-state index contributed by atoms with van der Waals surface area (Å²) in [6.45, 7) is 4.35. The normalized spacial score (nSPS) is 14.7. The van der Waals surface area contributed by atoms with Crippen molar-refractivity contribution in [3.05, 3.63) is 66.2 Å². The highest BCUT2D eigenvalue weighted by atomic mass is 32.2. The zero-order valence-corrected chi connectivity index (χ0v) is 17.8. The van der Waals surface area contributed by atoms with E-state index >= 15 is 0 Å². The lowest BCUT2D eigenvalue weighted by molar-refractivity contribution is -0.139. The molecule has 0 atom stereocenters. The van der Waals surface area contributed by atoms with Crippen LogP contribution in [-0.4, -0.2) is 48.7 Å². The van der Waals surface area contributed by atoms with Crippen LogP contribution in [0.3, 0.4) is 0 Å². The van der Waals surface area contributed by atoms with Crippen LogP contribution in [0.2, 0.25) is 0 Å². The first-order valence-electron chi connectivity index (χ1n) is 9.96. The third-order valence-electron chi connectivity index (χ3n) is 5.29. The lowest BCUT2D eigenvalue weighted by Crippen LogP contribution is -2.56. The second kappa shape index (κ2) is 8.07. The molecule has 7 heteroatoms. The summed E-state index contributed by atoms with van der Waals surface area (Å²) in [5.41, 5.74) is 1.67. The molecule has 2 heterocycles. The number of fused-ring (bicyclic) bond motifs is 1. The molecule has 1 fully saturated rings. The fraction of sp³-hybridized carbons (Fsp3) is 0.304. The molecule has 1 aliphatic rings. The number of pyridine rings is 1. The maximum Gasteiger partial charge on any atom is 0.227 e. The van der Waals surface area contributed by atoms with Crippen LogP contribution in [0.1, 0.15) is 19.4 Å². The standard InChI is InChI=1S/C23H24N2O4S/c1-16(2)30(27,28)20-10-7-17(8-11-20)13-23(26)25-14-19(15-25)29-22-12-9-18-5-3-4-6-21(18)24-22/h3-12,16,19H,13-15H2,1-2H3. The summed E-state index contributed by atoms with van der Waals surface area (Å²) in [5, 5.41) is 0.586. The quantitative estimate of drug-likeness (QED) is 0.607. The molecule has 0 aliphatic carbocycles. The lowest BCUT2D eigenvalue weighted by Gasteiger charge is -2.38. The van der Waals surface area contributed by atoms with Gasteiger partial charge in [0.25, 0.3) is 0 Å². The lowest BCUT2D eigenvalue weighted by atomic mass is 10.1. The molecular weight excluding hydrogens is 400 g/mol. The van der Waals surface area contributed by atoms with Crippen molar-refractivity contribution >= 4 is 26.6 Å². The molecule has 0 saturated carbocycles. The Bertz CT molecular complexity index is 1170. The SMILES string of the molecule is CC(C)S(=O)(=O)c1ccc(CC(=O)N2CC(Oc3ccc4ccccc4n3)C2)cc1. The summed E-state index contributed by atoms with van der Waals surface area (Å²) in [6.07, 6.45) is 0.171. The van der Waals surface area contributed by atoms with Crippen LogP contribution in [0.15, 0.2) is 65.6 Å². The molecule has 3 aromatic rings. The Hall–Kier alpha value is -2.93. The Labute approximate surface area is 176 Å². The van der Waals surface area contributed by atoms with Gasteiger partial charge in [0.1, 0.15) is 6.10 Å². The fourth-order valence-electron chi connectivity index (χ4n) is 3.36. The maximum absolute atomic E-state index is 12.5. The van der Waals surface area contributed by atoms with Crippen molar-refractivity contribution in [3.63, 3.8) is 0 Å². The molecule has 1 saturated heterocycles. The van der Waals surface area contributed by atoms with Gasteiger partial charge in [-0.3, -0.25) is 4.79 Å². The van der Waals surface area contributed by atoms with E-state index in [0.717, 1.165) is 16.5 Å². The van der Waals surface area contributed by atoms with Crippen molar-refractivity contribution in [2.45, 2.75) is 36.5 Å². The highest BCUT2D eigenvalue weighted by Gasteiger charge is 2.32. The first-order valence-corrected chi connectivity index (χ1v) is 11.5. The largest absolute Gasteiger partial charge is 0.471 e. The average Bonchev–Trinajstić information content (AvgIpc) is 2.70. The summed E-state index contributed by atoms with van der Waals surface area (Å²) in [4.78, 5) is 19.0. The zero-order valence-electron chi connectivity index (χ0n) is 17.0. The summed E-state index contributed by atoms with van der Waals surface area (Å²) in [6, 6.07) is 18.2. The summed E-state index contributed by atoms with van der Waals surface area (Å²) in [7, 11) is -3.30. The van der Waals surface area contributed by atoms with Crippen LogP contribution < -0.4 is 4.74 Å². The predicted octanol–water partition coefficient (Wildman–Crippen LogP) is 3.25. The Balaban J connectivity index is 1.31. The number of hydrogen-bond donors (Lipinski definition) is 0. The molecule has 4 rings (SSSR count). The number of nitrogens with zero attached hydrogens (tertiary/aromatic N) is 2. The number of benzene rings is 2. The monoisotopic (exact) mass is 424 g/mol. The Morgan fingerprint density at radius 1 is 1.07 bits per heavy atom. The van der Waals surface area contributed by atoms with E-state index < -0.39 is 15.1 Å². The first kappa shape index (κ1) is 20.3. The van der Waals surface area contributed by atoms with Crippen LogP contribution >= 0.6 is 0 Å². The molecule has 2 aromatic carbocycles. The van der Waals surface area contributed by atoms with Crippen LogP contribution in [0, 0.1) is 0 Å². The number of para-hydroxylation sites is 1. The topological polar surface area (TPSA) is 76.6 Å². The first-order chi connectivity index (χ1) is 14.3. The summed E-state index contributed by atoms with van der Waals surface area (Å²) >= 11 is 0. The van der Waals surface area contributed by atoms with E-state index in [2.05, 4.69) is 4.98 Å². The molecule has 0 spiro atoms. The van der Waals surface area contributed by atoms with Crippen LogP contribution in [0.25, 0.3) is 10.9 Å². The molecule has 0 bridgehead atoms. The van der Waals surface area contributed by atoms with E-state index in [0.29, 0.717) is 19.0 Å². The minimum absolute atomic E-state index is 0.000729. The van der Waals surface area contributed by atoms with E-state index in [1.807, 2.05) is 36.4 Å². The molecule has 6 nitrogen and oxygen atoms in total. The Morgan fingerprint density at radius 2 is 1.77 bits per heavy atom. The van der Waals surface area contributed by atoms with Gasteiger partial charge in [0.2, 0.25) is 11.8 Å². The van der Waals surface area contributed by atoms with Gasteiger partial charge in [0.05, 0.1) is 35.2 Å². The number of hydrogen-bond acceptors (Lipinski definition) is 5. The maximum atomic E-state index is 12.5. The molecule has 1 aromatic heterocycles. The number of aromatic nitrogens is 1. The van der Waals surface area contributed by atoms with Crippen LogP contribution in [-0.2, 0) is 21.1 Å². The Morgan fingerprint density at radius 3 is 2.47 bits per heavy atom. The smallest absolute Gasteiger partial charge is 0.227 e. The molecule has 30 heavy (non-hydrogen) atoms. The molecule has 0 radical (unpaired) electrons. The van der Waals surface area contributed by atoms with Gasteiger partial charge in [-0.1, -0.05) is 30.3 Å². The third kappa shape index (κ3) is 4.16. The number of likely N-dealkylation sites (tertiary alicyclic amines) is 1. The second-order valence-corrected chi connectivity index (χ2v) is 10.3. The average molecular weight is 425 g/mol. The summed E-state index contributed by atoms with van der Waals surface area (Å²) in [5.74, 6) is 0.563. The highest BCUT2D eigenvalue weighted by Crippen LogP contribution is 2.21. The molecule has 1 aliphatic heterocycles. The number of amides is 1. The number of sulfone groups is 1. The zero-order chi connectivity index (χ0) is 21.3. The van der Waals surface area contributed by atoms with Crippen molar-refractivity contribution < 1.29 is 17.9 Å². The fourth-order valence-corrected chi connectivity index (χ4v) is 4.42. The number of ether oxygens (including phenoxy) is 1. The molecular formula is C23H24N2O4S. The van der Waals surface area contributed by atoms with Crippen molar-refractivity contribution in [1.82, 2.24) is 9.88 Å². The van der Waals surface area contributed by atoms with Crippen molar-refractivity contribution in [3.8, 4) is 5.88 Å². The van der Waals surface area contributed by atoms with E-state index in [1.54, 1.807) is 43.0 Å². The molecule has 1 amide bonds. The second-order valence-electron chi connectivity index (χ2n) is 7.80. The number of carbonyl (C=O) groups is 1.